The molecule has 0 saturated heterocycles. The normalized spacial score (nSPS) is 13.4. The molecule has 0 aliphatic carbocycles. The molecule has 0 heterocycles. The molecular formula is C16H32O. The first kappa shape index (κ1) is 16.7. The fraction of sp³-hybridized carbons (Fsp3) is 0.875. The molecule has 17 heavy (non-hydrogen) atoms. The van der Waals surface area contributed by atoms with Crippen LogP contribution in [-0.4, -0.2) is 11.7 Å². The molecule has 1 nitrogen and oxygen atoms in total. The van der Waals surface area contributed by atoms with Gasteiger partial charge in [-0.25, -0.2) is 0 Å². The van der Waals surface area contributed by atoms with Crippen LogP contribution in [0.3, 0.4) is 0 Å². The molecule has 0 bridgehead atoms. The minimum absolute atomic E-state index is 0.346. The van der Waals surface area contributed by atoms with Gasteiger partial charge in [-0.2, -0.15) is 0 Å². The Hall–Kier alpha value is -0.300. The molecule has 0 aromatic carbocycles. The van der Waals surface area contributed by atoms with Gasteiger partial charge in [-0.1, -0.05) is 70.4 Å². The van der Waals surface area contributed by atoms with Crippen molar-refractivity contribution in [3.05, 3.63) is 12.2 Å². The Morgan fingerprint density at radius 2 is 1.59 bits per heavy atom. The molecule has 0 radical (unpaired) electrons. The summed E-state index contributed by atoms with van der Waals surface area (Å²) in [6.07, 6.45) is 17.4. The maximum atomic E-state index is 9.01. The van der Waals surface area contributed by atoms with E-state index in [0.29, 0.717) is 12.5 Å². The van der Waals surface area contributed by atoms with Crippen LogP contribution in [0.1, 0.15) is 78.1 Å². The van der Waals surface area contributed by atoms with Gasteiger partial charge >= 0.3 is 0 Å². The van der Waals surface area contributed by atoms with Crippen molar-refractivity contribution < 1.29 is 5.11 Å². The monoisotopic (exact) mass is 240 g/mol. The van der Waals surface area contributed by atoms with Crippen LogP contribution in [0.2, 0.25) is 0 Å². The first-order valence-electron chi connectivity index (χ1n) is 7.57. The Morgan fingerprint density at radius 1 is 0.941 bits per heavy atom. The molecule has 0 aromatic heterocycles. The van der Waals surface area contributed by atoms with Crippen molar-refractivity contribution in [2.24, 2.45) is 5.92 Å². The van der Waals surface area contributed by atoms with E-state index in [9.17, 15) is 0 Å². The van der Waals surface area contributed by atoms with Gasteiger partial charge in [0.2, 0.25) is 0 Å². The third-order valence-electron chi connectivity index (χ3n) is 3.46. The van der Waals surface area contributed by atoms with Crippen LogP contribution in [0.15, 0.2) is 12.2 Å². The second-order valence-corrected chi connectivity index (χ2v) is 5.09. The van der Waals surface area contributed by atoms with Gasteiger partial charge in [0.05, 0.1) is 0 Å². The largest absolute Gasteiger partial charge is 0.396 e. The number of unbranched alkanes of at least 4 members (excludes halogenated alkanes) is 6. The van der Waals surface area contributed by atoms with Crippen LogP contribution < -0.4 is 0 Å². The van der Waals surface area contributed by atoms with Crippen LogP contribution in [0.5, 0.6) is 0 Å². The van der Waals surface area contributed by atoms with Crippen molar-refractivity contribution in [2.75, 3.05) is 6.61 Å². The van der Waals surface area contributed by atoms with Crippen molar-refractivity contribution in [1.82, 2.24) is 0 Å². The number of hydrogen-bond acceptors (Lipinski definition) is 1. The summed E-state index contributed by atoms with van der Waals surface area (Å²) < 4.78 is 0. The predicted octanol–water partition coefficient (Wildman–Crippen LogP) is 5.09. The SMILES string of the molecule is CC=CCC(CCO)CCCCCCCCC. The first-order valence-corrected chi connectivity index (χ1v) is 7.57. The van der Waals surface area contributed by atoms with Crippen LogP contribution in [0.25, 0.3) is 0 Å². The van der Waals surface area contributed by atoms with Gasteiger partial charge in [0.15, 0.2) is 0 Å². The molecule has 0 spiro atoms. The molecule has 0 aliphatic rings. The summed E-state index contributed by atoms with van der Waals surface area (Å²) in [5, 5.41) is 9.01. The summed E-state index contributed by atoms with van der Waals surface area (Å²) in [6.45, 7) is 4.68. The van der Waals surface area contributed by atoms with Crippen molar-refractivity contribution in [2.45, 2.75) is 78.1 Å². The highest BCUT2D eigenvalue weighted by molar-refractivity contribution is 4.80. The van der Waals surface area contributed by atoms with E-state index in [4.69, 9.17) is 5.11 Å². The van der Waals surface area contributed by atoms with Crippen LogP contribution in [0, 0.1) is 5.92 Å². The van der Waals surface area contributed by atoms with E-state index in [2.05, 4.69) is 26.0 Å². The summed E-state index contributed by atoms with van der Waals surface area (Å²) >= 11 is 0. The third kappa shape index (κ3) is 12.0. The molecule has 0 amide bonds. The molecule has 0 aromatic rings. The van der Waals surface area contributed by atoms with Crippen LogP contribution >= 0.6 is 0 Å². The highest BCUT2D eigenvalue weighted by Crippen LogP contribution is 2.18. The maximum Gasteiger partial charge on any atom is 0.0433 e. The molecule has 1 unspecified atom stereocenters. The van der Waals surface area contributed by atoms with Crippen molar-refractivity contribution in [1.29, 1.82) is 0 Å². The zero-order valence-electron chi connectivity index (χ0n) is 12.0. The number of rotatable bonds is 12. The van der Waals surface area contributed by atoms with E-state index in [1.165, 1.54) is 51.4 Å². The Labute approximate surface area is 108 Å². The average molecular weight is 240 g/mol. The molecular weight excluding hydrogens is 208 g/mol. The fourth-order valence-corrected chi connectivity index (χ4v) is 2.28. The van der Waals surface area contributed by atoms with Crippen molar-refractivity contribution in [3.63, 3.8) is 0 Å². The Morgan fingerprint density at radius 3 is 2.18 bits per heavy atom. The molecule has 0 fully saturated rings. The fourth-order valence-electron chi connectivity index (χ4n) is 2.28. The molecule has 0 saturated carbocycles. The summed E-state index contributed by atoms with van der Waals surface area (Å²) in [6, 6.07) is 0. The predicted molar refractivity (Wildman–Crippen MR) is 77.2 cm³/mol. The average Bonchev–Trinajstić information content (AvgIpc) is 2.34. The van der Waals surface area contributed by atoms with E-state index in [0.717, 1.165) is 12.8 Å². The third-order valence-corrected chi connectivity index (χ3v) is 3.46. The second-order valence-electron chi connectivity index (χ2n) is 5.09. The Kier molecular flexibility index (Phi) is 13.5. The lowest BCUT2D eigenvalue weighted by atomic mass is 9.94. The van der Waals surface area contributed by atoms with Gasteiger partial charge in [-0.05, 0) is 25.7 Å². The quantitative estimate of drug-likeness (QED) is 0.372. The van der Waals surface area contributed by atoms with Gasteiger partial charge in [-0.3, -0.25) is 0 Å². The lowest BCUT2D eigenvalue weighted by molar-refractivity contribution is 0.250. The topological polar surface area (TPSA) is 20.2 Å². The van der Waals surface area contributed by atoms with Crippen molar-refractivity contribution >= 4 is 0 Å². The van der Waals surface area contributed by atoms with Gasteiger partial charge in [0, 0.05) is 6.61 Å². The number of aliphatic hydroxyl groups is 1. The number of allylic oxidation sites excluding steroid dienone is 2. The van der Waals surface area contributed by atoms with E-state index < -0.39 is 0 Å². The lowest BCUT2D eigenvalue weighted by Crippen LogP contribution is -2.02. The maximum absolute atomic E-state index is 9.01. The minimum atomic E-state index is 0.346. The van der Waals surface area contributed by atoms with Gasteiger partial charge < -0.3 is 5.11 Å². The molecule has 1 atom stereocenters. The zero-order valence-corrected chi connectivity index (χ0v) is 12.0. The smallest absolute Gasteiger partial charge is 0.0433 e. The van der Waals surface area contributed by atoms with Crippen molar-refractivity contribution in [3.8, 4) is 0 Å². The van der Waals surface area contributed by atoms with Gasteiger partial charge in [0.25, 0.3) is 0 Å². The van der Waals surface area contributed by atoms with E-state index in [1.54, 1.807) is 0 Å². The first-order chi connectivity index (χ1) is 8.35. The zero-order chi connectivity index (χ0) is 12.8. The van der Waals surface area contributed by atoms with Crippen LogP contribution in [-0.2, 0) is 0 Å². The second kappa shape index (κ2) is 13.8. The van der Waals surface area contributed by atoms with E-state index >= 15 is 0 Å². The highest BCUT2D eigenvalue weighted by atomic mass is 16.3. The van der Waals surface area contributed by atoms with Crippen LogP contribution in [0.4, 0.5) is 0 Å². The molecule has 1 heteroatoms. The highest BCUT2D eigenvalue weighted by Gasteiger charge is 2.05. The summed E-state index contributed by atoms with van der Waals surface area (Å²) in [5.41, 5.74) is 0. The molecule has 0 aliphatic heterocycles. The summed E-state index contributed by atoms with van der Waals surface area (Å²) in [7, 11) is 0. The number of hydrogen-bond donors (Lipinski definition) is 1. The summed E-state index contributed by atoms with van der Waals surface area (Å²) in [5.74, 6) is 0.701. The Balaban J connectivity index is 3.40. The van der Waals surface area contributed by atoms with Gasteiger partial charge in [-0.15, -0.1) is 0 Å². The standard InChI is InChI=1S/C16H32O/c1-3-5-7-8-9-10-11-13-16(14-15-17)12-6-4-2/h4,6,16-17H,3,5,7-15H2,1-2H3. The molecule has 0 rings (SSSR count). The summed E-state index contributed by atoms with van der Waals surface area (Å²) in [4.78, 5) is 0. The minimum Gasteiger partial charge on any atom is -0.396 e. The Bertz CT molecular complexity index is 163. The lowest BCUT2D eigenvalue weighted by Gasteiger charge is -2.13. The van der Waals surface area contributed by atoms with E-state index in [-0.39, 0.29) is 0 Å². The van der Waals surface area contributed by atoms with Gasteiger partial charge in [0.1, 0.15) is 0 Å². The molecule has 102 valence electrons. The van der Waals surface area contributed by atoms with E-state index in [1.807, 2.05) is 0 Å². The molecule has 1 N–H and O–H groups in total. The number of aliphatic hydroxyl groups excluding tert-OH is 1.